The van der Waals surface area contributed by atoms with Crippen LogP contribution in [-0.2, 0) is 4.74 Å². The highest BCUT2D eigenvalue weighted by molar-refractivity contribution is 4.82. The van der Waals surface area contributed by atoms with Crippen molar-refractivity contribution in [2.45, 2.75) is 19.4 Å². The van der Waals surface area contributed by atoms with Crippen molar-refractivity contribution < 1.29 is 9.84 Å². The van der Waals surface area contributed by atoms with E-state index in [4.69, 9.17) is 9.84 Å². The standard InChI is InChI=1S/C7H14O2/c1-7(9-2)5-3-4-6-8/h3-4,7-8H,5-6H2,1-2H3/b4-3+/t7-/m1/s1. The van der Waals surface area contributed by atoms with Crippen LogP contribution in [-0.4, -0.2) is 24.9 Å². The largest absolute Gasteiger partial charge is 0.392 e. The van der Waals surface area contributed by atoms with E-state index in [1.54, 1.807) is 13.2 Å². The van der Waals surface area contributed by atoms with E-state index >= 15 is 0 Å². The fourth-order valence-corrected chi connectivity index (χ4v) is 0.459. The maximum absolute atomic E-state index is 8.32. The summed E-state index contributed by atoms with van der Waals surface area (Å²) in [6.07, 6.45) is 4.76. The van der Waals surface area contributed by atoms with Gasteiger partial charge in [-0.3, -0.25) is 0 Å². The van der Waals surface area contributed by atoms with Crippen molar-refractivity contribution in [3.63, 3.8) is 0 Å². The molecule has 0 aliphatic heterocycles. The molecule has 0 aliphatic rings. The molecule has 0 saturated carbocycles. The number of methoxy groups -OCH3 is 1. The average molecular weight is 130 g/mol. The second kappa shape index (κ2) is 5.79. The Morgan fingerprint density at radius 1 is 1.56 bits per heavy atom. The summed E-state index contributed by atoms with van der Waals surface area (Å²) in [5.74, 6) is 0. The smallest absolute Gasteiger partial charge is 0.0612 e. The maximum atomic E-state index is 8.32. The number of aliphatic hydroxyl groups excluding tert-OH is 1. The Morgan fingerprint density at radius 2 is 2.22 bits per heavy atom. The third-order valence-electron chi connectivity index (χ3n) is 1.14. The van der Waals surface area contributed by atoms with Crippen LogP contribution in [0.3, 0.4) is 0 Å². The zero-order valence-corrected chi connectivity index (χ0v) is 6.00. The fraction of sp³-hybridized carbons (Fsp3) is 0.714. The Kier molecular flexibility index (Phi) is 5.57. The summed E-state index contributed by atoms with van der Waals surface area (Å²) in [4.78, 5) is 0. The van der Waals surface area contributed by atoms with E-state index in [-0.39, 0.29) is 12.7 Å². The van der Waals surface area contributed by atoms with Gasteiger partial charge in [0.1, 0.15) is 0 Å². The van der Waals surface area contributed by atoms with Gasteiger partial charge in [0.05, 0.1) is 12.7 Å². The summed E-state index contributed by atoms with van der Waals surface area (Å²) in [6, 6.07) is 0. The van der Waals surface area contributed by atoms with E-state index in [1.165, 1.54) is 0 Å². The summed E-state index contributed by atoms with van der Waals surface area (Å²) < 4.78 is 4.96. The molecular weight excluding hydrogens is 116 g/mol. The summed E-state index contributed by atoms with van der Waals surface area (Å²) in [7, 11) is 1.68. The molecule has 1 N–H and O–H groups in total. The molecule has 54 valence electrons. The molecule has 0 fully saturated rings. The fourth-order valence-electron chi connectivity index (χ4n) is 0.459. The molecule has 0 saturated heterocycles. The average Bonchev–Trinajstić information content (AvgIpc) is 1.89. The van der Waals surface area contributed by atoms with Gasteiger partial charge >= 0.3 is 0 Å². The first-order valence-electron chi connectivity index (χ1n) is 3.10. The van der Waals surface area contributed by atoms with Crippen LogP contribution in [0.1, 0.15) is 13.3 Å². The van der Waals surface area contributed by atoms with Crippen molar-refractivity contribution in [1.29, 1.82) is 0 Å². The predicted molar refractivity (Wildman–Crippen MR) is 37.3 cm³/mol. The predicted octanol–water partition coefficient (Wildman–Crippen LogP) is 0.960. The minimum absolute atomic E-state index is 0.121. The van der Waals surface area contributed by atoms with Crippen LogP contribution in [0, 0.1) is 0 Å². The molecule has 0 aromatic rings. The van der Waals surface area contributed by atoms with Crippen molar-refractivity contribution in [1.82, 2.24) is 0 Å². The molecule has 1 atom stereocenters. The lowest BCUT2D eigenvalue weighted by atomic mass is 10.3. The molecule has 0 radical (unpaired) electrons. The summed E-state index contributed by atoms with van der Waals surface area (Å²) in [5, 5.41) is 8.32. The minimum atomic E-state index is 0.121. The van der Waals surface area contributed by atoms with Gasteiger partial charge in [0, 0.05) is 7.11 Å². The van der Waals surface area contributed by atoms with E-state index in [1.807, 2.05) is 13.0 Å². The third-order valence-corrected chi connectivity index (χ3v) is 1.14. The van der Waals surface area contributed by atoms with Gasteiger partial charge in [0.25, 0.3) is 0 Å². The van der Waals surface area contributed by atoms with E-state index in [0.29, 0.717) is 0 Å². The number of ether oxygens (including phenoxy) is 1. The molecule has 0 aromatic carbocycles. The highest BCUT2D eigenvalue weighted by atomic mass is 16.5. The lowest BCUT2D eigenvalue weighted by Crippen LogP contribution is -2.01. The summed E-state index contributed by atoms with van der Waals surface area (Å²) in [5.41, 5.74) is 0. The first-order chi connectivity index (χ1) is 4.31. The SMILES string of the molecule is CO[C@H](C)C/C=C/CO. The molecule has 2 heteroatoms. The molecular formula is C7H14O2. The third kappa shape index (κ3) is 5.53. The van der Waals surface area contributed by atoms with Crippen molar-refractivity contribution >= 4 is 0 Å². The molecule has 9 heavy (non-hydrogen) atoms. The molecule has 2 nitrogen and oxygen atoms in total. The van der Waals surface area contributed by atoms with Crippen molar-refractivity contribution in [3.05, 3.63) is 12.2 Å². The molecule has 0 aromatic heterocycles. The van der Waals surface area contributed by atoms with E-state index in [9.17, 15) is 0 Å². The molecule has 0 amide bonds. The van der Waals surface area contributed by atoms with Crippen LogP contribution >= 0.6 is 0 Å². The number of hydrogen-bond acceptors (Lipinski definition) is 2. The second-order valence-electron chi connectivity index (χ2n) is 1.94. The highest BCUT2D eigenvalue weighted by Crippen LogP contribution is 1.94. The molecule has 0 aliphatic carbocycles. The zero-order valence-electron chi connectivity index (χ0n) is 6.00. The molecule has 0 unspecified atom stereocenters. The number of aliphatic hydroxyl groups is 1. The zero-order chi connectivity index (χ0) is 7.11. The lowest BCUT2D eigenvalue weighted by Gasteiger charge is -2.03. The van der Waals surface area contributed by atoms with Crippen molar-refractivity contribution in [2.75, 3.05) is 13.7 Å². The summed E-state index contributed by atoms with van der Waals surface area (Å²) in [6.45, 7) is 2.11. The monoisotopic (exact) mass is 130 g/mol. The van der Waals surface area contributed by atoms with Crippen LogP contribution in [0.4, 0.5) is 0 Å². The lowest BCUT2D eigenvalue weighted by molar-refractivity contribution is 0.121. The number of rotatable bonds is 4. The summed E-state index contributed by atoms with van der Waals surface area (Å²) >= 11 is 0. The Bertz CT molecular complexity index is 79.0. The van der Waals surface area contributed by atoms with Gasteiger partial charge in [0.15, 0.2) is 0 Å². The Balaban J connectivity index is 3.15. The highest BCUT2D eigenvalue weighted by Gasteiger charge is 1.91. The van der Waals surface area contributed by atoms with E-state index < -0.39 is 0 Å². The van der Waals surface area contributed by atoms with Gasteiger partial charge < -0.3 is 9.84 Å². The normalized spacial score (nSPS) is 14.6. The van der Waals surface area contributed by atoms with Crippen molar-refractivity contribution in [3.8, 4) is 0 Å². The van der Waals surface area contributed by atoms with Crippen LogP contribution in [0.15, 0.2) is 12.2 Å². The molecule has 0 heterocycles. The van der Waals surface area contributed by atoms with E-state index in [0.717, 1.165) is 6.42 Å². The minimum Gasteiger partial charge on any atom is -0.392 e. The van der Waals surface area contributed by atoms with Crippen molar-refractivity contribution in [2.24, 2.45) is 0 Å². The Morgan fingerprint density at radius 3 is 2.67 bits per heavy atom. The molecule has 0 rings (SSSR count). The van der Waals surface area contributed by atoms with Gasteiger partial charge in [0.2, 0.25) is 0 Å². The molecule has 0 spiro atoms. The van der Waals surface area contributed by atoms with Crippen LogP contribution in [0.5, 0.6) is 0 Å². The Hall–Kier alpha value is -0.340. The second-order valence-corrected chi connectivity index (χ2v) is 1.94. The number of hydrogen-bond donors (Lipinski definition) is 1. The van der Waals surface area contributed by atoms with Gasteiger partial charge in [-0.05, 0) is 13.3 Å². The molecule has 0 bridgehead atoms. The maximum Gasteiger partial charge on any atom is 0.0612 e. The van der Waals surface area contributed by atoms with Crippen LogP contribution < -0.4 is 0 Å². The van der Waals surface area contributed by atoms with Crippen LogP contribution in [0.25, 0.3) is 0 Å². The Labute approximate surface area is 56.1 Å². The quantitative estimate of drug-likeness (QED) is 0.574. The first kappa shape index (κ1) is 8.66. The van der Waals surface area contributed by atoms with Crippen LogP contribution in [0.2, 0.25) is 0 Å². The van der Waals surface area contributed by atoms with Gasteiger partial charge in [-0.2, -0.15) is 0 Å². The van der Waals surface area contributed by atoms with Gasteiger partial charge in [-0.1, -0.05) is 12.2 Å². The van der Waals surface area contributed by atoms with Gasteiger partial charge in [-0.25, -0.2) is 0 Å². The first-order valence-corrected chi connectivity index (χ1v) is 3.10. The van der Waals surface area contributed by atoms with Gasteiger partial charge in [-0.15, -0.1) is 0 Å². The topological polar surface area (TPSA) is 29.5 Å². The van der Waals surface area contributed by atoms with E-state index in [2.05, 4.69) is 0 Å².